The SMILES string of the molecule is COc1cccc2c1OC(C)C(=O)N(c1ccc(F)cc1C)C2. The maximum atomic E-state index is 13.4. The first kappa shape index (κ1) is 15.3. The van der Waals surface area contributed by atoms with Crippen LogP contribution in [-0.4, -0.2) is 19.1 Å². The Labute approximate surface area is 134 Å². The highest BCUT2D eigenvalue weighted by Crippen LogP contribution is 2.36. The van der Waals surface area contributed by atoms with Crippen LogP contribution in [0.3, 0.4) is 0 Å². The fourth-order valence-electron chi connectivity index (χ4n) is 2.80. The number of aryl methyl sites for hydroxylation is 1. The quantitative estimate of drug-likeness (QED) is 0.852. The summed E-state index contributed by atoms with van der Waals surface area (Å²) in [5, 5.41) is 0. The van der Waals surface area contributed by atoms with Crippen LogP contribution in [-0.2, 0) is 11.3 Å². The first-order valence-electron chi connectivity index (χ1n) is 7.41. The normalized spacial score (nSPS) is 17.3. The number of carbonyl (C=O) groups excluding carboxylic acids is 1. The van der Waals surface area contributed by atoms with Gasteiger partial charge in [-0.1, -0.05) is 12.1 Å². The number of halogens is 1. The van der Waals surface area contributed by atoms with E-state index in [1.54, 1.807) is 38.0 Å². The summed E-state index contributed by atoms with van der Waals surface area (Å²) in [7, 11) is 1.57. The smallest absolute Gasteiger partial charge is 0.268 e. The van der Waals surface area contributed by atoms with E-state index in [9.17, 15) is 9.18 Å². The number of para-hydroxylation sites is 1. The lowest BCUT2D eigenvalue weighted by Crippen LogP contribution is -2.38. The first-order valence-corrected chi connectivity index (χ1v) is 7.41. The van der Waals surface area contributed by atoms with E-state index in [1.165, 1.54) is 12.1 Å². The number of amides is 1. The Morgan fingerprint density at radius 1 is 1.30 bits per heavy atom. The summed E-state index contributed by atoms with van der Waals surface area (Å²) < 4.78 is 24.5. The third kappa shape index (κ3) is 2.74. The van der Waals surface area contributed by atoms with Crippen LogP contribution in [0.5, 0.6) is 11.5 Å². The van der Waals surface area contributed by atoms with Crippen molar-refractivity contribution >= 4 is 11.6 Å². The summed E-state index contributed by atoms with van der Waals surface area (Å²) in [4.78, 5) is 14.3. The Morgan fingerprint density at radius 3 is 2.78 bits per heavy atom. The van der Waals surface area contributed by atoms with E-state index < -0.39 is 6.10 Å². The summed E-state index contributed by atoms with van der Waals surface area (Å²) in [5.74, 6) is 0.691. The zero-order valence-corrected chi connectivity index (χ0v) is 13.3. The number of carbonyl (C=O) groups is 1. The van der Waals surface area contributed by atoms with E-state index in [4.69, 9.17) is 9.47 Å². The molecule has 0 saturated heterocycles. The number of benzene rings is 2. The molecule has 5 heteroatoms. The molecule has 0 aromatic heterocycles. The van der Waals surface area contributed by atoms with Gasteiger partial charge in [-0.3, -0.25) is 4.79 Å². The van der Waals surface area contributed by atoms with Gasteiger partial charge in [-0.25, -0.2) is 4.39 Å². The number of ether oxygens (including phenoxy) is 2. The van der Waals surface area contributed by atoms with Crippen molar-refractivity contribution in [1.82, 2.24) is 0 Å². The second kappa shape index (κ2) is 5.91. The van der Waals surface area contributed by atoms with Gasteiger partial charge in [0.25, 0.3) is 5.91 Å². The predicted molar refractivity (Wildman–Crippen MR) is 85.4 cm³/mol. The minimum Gasteiger partial charge on any atom is -0.493 e. The van der Waals surface area contributed by atoms with Crippen molar-refractivity contribution in [3.63, 3.8) is 0 Å². The molecule has 23 heavy (non-hydrogen) atoms. The molecule has 0 fully saturated rings. The molecule has 1 atom stereocenters. The number of hydrogen-bond donors (Lipinski definition) is 0. The van der Waals surface area contributed by atoms with Gasteiger partial charge < -0.3 is 14.4 Å². The monoisotopic (exact) mass is 315 g/mol. The maximum absolute atomic E-state index is 13.4. The molecule has 4 nitrogen and oxygen atoms in total. The van der Waals surface area contributed by atoms with E-state index in [2.05, 4.69) is 0 Å². The van der Waals surface area contributed by atoms with Gasteiger partial charge in [0, 0.05) is 11.3 Å². The van der Waals surface area contributed by atoms with Crippen molar-refractivity contribution in [2.24, 2.45) is 0 Å². The average molecular weight is 315 g/mol. The van der Waals surface area contributed by atoms with Crippen LogP contribution in [0.25, 0.3) is 0 Å². The van der Waals surface area contributed by atoms with Crippen molar-refractivity contribution < 1.29 is 18.7 Å². The number of hydrogen-bond acceptors (Lipinski definition) is 3. The fourth-order valence-corrected chi connectivity index (χ4v) is 2.80. The molecular formula is C18H18FNO3. The van der Waals surface area contributed by atoms with E-state index >= 15 is 0 Å². The Kier molecular flexibility index (Phi) is 3.94. The van der Waals surface area contributed by atoms with Gasteiger partial charge in [-0.2, -0.15) is 0 Å². The number of rotatable bonds is 2. The fraction of sp³-hybridized carbons (Fsp3) is 0.278. The molecule has 1 aliphatic heterocycles. The summed E-state index contributed by atoms with van der Waals surface area (Å²) in [6.07, 6.45) is -0.656. The molecule has 0 saturated carbocycles. The lowest BCUT2D eigenvalue weighted by atomic mass is 10.1. The zero-order valence-electron chi connectivity index (χ0n) is 13.3. The predicted octanol–water partition coefficient (Wildman–Crippen LogP) is 3.46. The molecule has 0 aliphatic carbocycles. The van der Waals surface area contributed by atoms with Gasteiger partial charge in [0.05, 0.1) is 13.7 Å². The van der Waals surface area contributed by atoms with Gasteiger partial charge in [-0.15, -0.1) is 0 Å². The van der Waals surface area contributed by atoms with E-state index in [0.29, 0.717) is 29.3 Å². The number of fused-ring (bicyclic) bond motifs is 1. The highest BCUT2D eigenvalue weighted by atomic mass is 19.1. The minimum absolute atomic E-state index is 0.169. The number of anilines is 1. The molecule has 2 aromatic rings. The van der Waals surface area contributed by atoms with Crippen molar-refractivity contribution in [2.75, 3.05) is 12.0 Å². The van der Waals surface area contributed by atoms with Crippen molar-refractivity contribution in [3.8, 4) is 11.5 Å². The minimum atomic E-state index is -0.656. The lowest BCUT2D eigenvalue weighted by Gasteiger charge is -2.24. The van der Waals surface area contributed by atoms with Gasteiger partial charge in [-0.05, 0) is 43.7 Å². The molecule has 1 unspecified atom stereocenters. The molecule has 1 aliphatic rings. The molecular weight excluding hydrogens is 297 g/mol. The van der Waals surface area contributed by atoms with Crippen LogP contribution in [0.15, 0.2) is 36.4 Å². The summed E-state index contributed by atoms with van der Waals surface area (Å²) in [6.45, 7) is 3.84. The van der Waals surface area contributed by atoms with Crippen LogP contribution in [0.4, 0.5) is 10.1 Å². The second-order valence-corrected chi connectivity index (χ2v) is 5.56. The molecule has 3 rings (SSSR count). The van der Waals surface area contributed by atoms with Crippen molar-refractivity contribution in [1.29, 1.82) is 0 Å². The molecule has 1 heterocycles. The summed E-state index contributed by atoms with van der Waals surface area (Å²) in [5.41, 5.74) is 2.24. The Balaban J connectivity index is 2.09. The largest absolute Gasteiger partial charge is 0.493 e. The Bertz CT molecular complexity index is 760. The summed E-state index contributed by atoms with van der Waals surface area (Å²) >= 11 is 0. The van der Waals surface area contributed by atoms with Gasteiger partial charge >= 0.3 is 0 Å². The maximum Gasteiger partial charge on any atom is 0.268 e. The van der Waals surface area contributed by atoms with Gasteiger partial charge in [0.2, 0.25) is 0 Å². The molecule has 0 N–H and O–H groups in total. The topological polar surface area (TPSA) is 38.8 Å². The Morgan fingerprint density at radius 2 is 2.09 bits per heavy atom. The third-order valence-electron chi connectivity index (χ3n) is 3.97. The molecule has 120 valence electrons. The highest BCUT2D eigenvalue weighted by molar-refractivity contribution is 5.97. The molecule has 0 bridgehead atoms. The summed E-state index contributed by atoms with van der Waals surface area (Å²) in [6, 6.07) is 9.96. The second-order valence-electron chi connectivity index (χ2n) is 5.56. The molecule has 2 aromatic carbocycles. The first-order chi connectivity index (χ1) is 11.0. The van der Waals surface area contributed by atoms with Crippen LogP contribution < -0.4 is 14.4 Å². The molecule has 0 spiro atoms. The van der Waals surface area contributed by atoms with E-state index in [-0.39, 0.29) is 11.7 Å². The zero-order chi connectivity index (χ0) is 16.6. The van der Waals surface area contributed by atoms with Crippen LogP contribution in [0.1, 0.15) is 18.1 Å². The highest BCUT2D eigenvalue weighted by Gasteiger charge is 2.31. The van der Waals surface area contributed by atoms with Crippen LogP contribution in [0.2, 0.25) is 0 Å². The number of methoxy groups -OCH3 is 1. The van der Waals surface area contributed by atoms with Crippen molar-refractivity contribution in [2.45, 2.75) is 26.5 Å². The van der Waals surface area contributed by atoms with Crippen LogP contribution in [0, 0.1) is 12.7 Å². The van der Waals surface area contributed by atoms with Crippen LogP contribution >= 0.6 is 0 Å². The number of nitrogens with zero attached hydrogens (tertiary/aromatic N) is 1. The molecule has 0 radical (unpaired) electrons. The lowest BCUT2D eigenvalue weighted by molar-refractivity contribution is -0.124. The van der Waals surface area contributed by atoms with Gasteiger partial charge in [0.1, 0.15) is 5.82 Å². The third-order valence-corrected chi connectivity index (χ3v) is 3.97. The standard InChI is InChI=1S/C18H18FNO3/c1-11-9-14(19)7-8-15(11)20-10-13-5-4-6-16(22-3)17(13)23-12(2)18(20)21/h4-9,12H,10H2,1-3H3. The molecule has 1 amide bonds. The van der Waals surface area contributed by atoms with E-state index in [1.807, 2.05) is 12.1 Å². The van der Waals surface area contributed by atoms with Crippen molar-refractivity contribution in [3.05, 3.63) is 53.3 Å². The Hall–Kier alpha value is -2.56. The van der Waals surface area contributed by atoms with E-state index in [0.717, 1.165) is 5.56 Å². The van der Waals surface area contributed by atoms with Gasteiger partial charge in [0.15, 0.2) is 17.6 Å². The average Bonchev–Trinajstić information content (AvgIpc) is 2.65.